The van der Waals surface area contributed by atoms with Gasteiger partial charge in [-0.05, 0) is 30.5 Å². The summed E-state index contributed by atoms with van der Waals surface area (Å²) in [5.74, 6) is -1.86. The lowest BCUT2D eigenvalue weighted by atomic mass is 10.0. The minimum Gasteiger partial charge on any atom is -0.480 e. The summed E-state index contributed by atoms with van der Waals surface area (Å²) in [6.07, 6.45) is 0.310. The van der Waals surface area contributed by atoms with Crippen LogP contribution in [0.3, 0.4) is 0 Å². The Kier molecular flexibility index (Phi) is 6.37. The Morgan fingerprint density at radius 1 is 1.27 bits per heavy atom. The van der Waals surface area contributed by atoms with Crippen molar-refractivity contribution in [1.82, 2.24) is 5.32 Å². The van der Waals surface area contributed by atoms with Gasteiger partial charge in [0.2, 0.25) is 5.91 Å². The Bertz CT molecular complexity index is 587. The Morgan fingerprint density at radius 2 is 1.91 bits per heavy atom. The fourth-order valence-electron chi connectivity index (χ4n) is 1.91. The normalized spacial score (nSPS) is 11.9. The molecule has 6 nitrogen and oxygen atoms in total. The molecule has 0 saturated heterocycles. The van der Waals surface area contributed by atoms with Gasteiger partial charge in [0.15, 0.2) is 0 Å². The van der Waals surface area contributed by atoms with Crippen molar-refractivity contribution in [3.8, 4) is 0 Å². The molecule has 22 heavy (non-hydrogen) atoms. The van der Waals surface area contributed by atoms with Crippen LogP contribution in [0.25, 0.3) is 0 Å². The van der Waals surface area contributed by atoms with E-state index in [0.29, 0.717) is 12.1 Å². The molecule has 0 heterocycles. The van der Waals surface area contributed by atoms with Gasteiger partial charge < -0.3 is 15.7 Å². The van der Waals surface area contributed by atoms with Crippen molar-refractivity contribution in [3.05, 3.63) is 28.8 Å². The number of hydrogen-bond acceptors (Lipinski definition) is 3. The summed E-state index contributed by atoms with van der Waals surface area (Å²) in [6.45, 7) is 5.08. The van der Waals surface area contributed by atoms with Gasteiger partial charge in [-0.25, -0.2) is 4.79 Å². The Labute approximate surface area is 133 Å². The van der Waals surface area contributed by atoms with Gasteiger partial charge in [0.25, 0.3) is 5.91 Å². The highest BCUT2D eigenvalue weighted by Crippen LogP contribution is 2.21. The summed E-state index contributed by atoms with van der Waals surface area (Å²) in [6, 6.07) is 3.45. The van der Waals surface area contributed by atoms with Gasteiger partial charge in [-0.3, -0.25) is 9.59 Å². The van der Waals surface area contributed by atoms with Crippen LogP contribution in [0.1, 0.15) is 37.6 Å². The number of halogens is 1. The topological polar surface area (TPSA) is 95.5 Å². The first-order chi connectivity index (χ1) is 10.2. The van der Waals surface area contributed by atoms with Crippen molar-refractivity contribution >= 4 is 35.1 Å². The minimum atomic E-state index is -1.10. The number of carbonyl (C=O) groups excluding carboxylic acids is 2. The van der Waals surface area contributed by atoms with Crippen LogP contribution >= 0.6 is 11.6 Å². The number of rotatable bonds is 6. The number of amides is 2. The molecule has 0 aromatic heterocycles. The molecule has 1 atom stereocenters. The Hall–Kier alpha value is -2.08. The molecule has 2 amide bonds. The van der Waals surface area contributed by atoms with Crippen LogP contribution in [0.5, 0.6) is 0 Å². The molecule has 1 rings (SSSR count). The second-order valence-corrected chi connectivity index (χ2v) is 5.78. The van der Waals surface area contributed by atoms with Crippen LogP contribution in [0.4, 0.5) is 5.69 Å². The lowest BCUT2D eigenvalue weighted by Crippen LogP contribution is -2.41. The average molecular weight is 327 g/mol. The smallest absolute Gasteiger partial charge is 0.326 e. The van der Waals surface area contributed by atoms with E-state index in [9.17, 15) is 14.4 Å². The fraction of sp³-hybridized carbons (Fsp3) is 0.400. The van der Waals surface area contributed by atoms with E-state index in [1.807, 2.05) is 13.8 Å². The molecule has 0 unspecified atom stereocenters. The van der Waals surface area contributed by atoms with Gasteiger partial charge >= 0.3 is 5.97 Å². The molecule has 0 saturated carbocycles. The van der Waals surface area contributed by atoms with E-state index in [0.717, 1.165) is 0 Å². The van der Waals surface area contributed by atoms with Crippen LogP contribution in [0, 0.1) is 5.92 Å². The fourth-order valence-corrected chi connectivity index (χ4v) is 2.11. The number of hydrogen-bond donors (Lipinski definition) is 3. The lowest BCUT2D eigenvalue weighted by Gasteiger charge is -2.17. The molecule has 3 N–H and O–H groups in total. The van der Waals surface area contributed by atoms with Crippen molar-refractivity contribution in [3.63, 3.8) is 0 Å². The highest BCUT2D eigenvalue weighted by atomic mass is 35.5. The molecule has 0 radical (unpaired) electrons. The van der Waals surface area contributed by atoms with Gasteiger partial charge in [-0.15, -0.1) is 0 Å². The lowest BCUT2D eigenvalue weighted by molar-refractivity contribution is -0.139. The van der Waals surface area contributed by atoms with E-state index in [1.165, 1.54) is 19.1 Å². The molecule has 0 bridgehead atoms. The maximum atomic E-state index is 12.2. The maximum Gasteiger partial charge on any atom is 0.326 e. The van der Waals surface area contributed by atoms with Crippen LogP contribution in [-0.4, -0.2) is 28.9 Å². The van der Waals surface area contributed by atoms with Crippen molar-refractivity contribution in [2.75, 3.05) is 5.32 Å². The van der Waals surface area contributed by atoms with Crippen LogP contribution in [0.2, 0.25) is 5.02 Å². The van der Waals surface area contributed by atoms with E-state index in [4.69, 9.17) is 16.7 Å². The number of carboxylic acid groups (broad SMARTS) is 1. The van der Waals surface area contributed by atoms with Crippen molar-refractivity contribution < 1.29 is 19.5 Å². The summed E-state index contributed by atoms with van der Waals surface area (Å²) in [7, 11) is 0. The van der Waals surface area contributed by atoms with Gasteiger partial charge in [-0.2, -0.15) is 0 Å². The molecule has 0 aliphatic heterocycles. The van der Waals surface area contributed by atoms with E-state index >= 15 is 0 Å². The molecule has 1 aromatic rings. The van der Waals surface area contributed by atoms with E-state index in [2.05, 4.69) is 10.6 Å². The third-order valence-corrected chi connectivity index (χ3v) is 3.17. The molecule has 120 valence electrons. The summed E-state index contributed by atoms with van der Waals surface area (Å²) in [4.78, 5) is 34.5. The minimum absolute atomic E-state index is 0.114. The summed E-state index contributed by atoms with van der Waals surface area (Å²) < 4.78 is 0. The molecule has 1 aromatic carbocycles. The van der Waals surface area contributed by atoms with E-state index < -0.39 is 17.9 Å². The van der Waals surface area contributed by atoms with Gasteiger partial charge in [-0.1, -0.05) is 25.4 Å². The summed E-state index contributed by atoms with van der Waals surface area (Å²) in [5, 5.41) is 14.3. The largest absolute Gasteiger partial charge is 0.480 e. The van der Waals surface area contributed by atoms with Crippen molar-refractivity contribution in [2.24, 2.45) is 5.92 Å². The van der Waals surface area contributed by atoms with Crippen LogP contribution < -0.4 is 10.6 Å². The van der Waals surface area contributed by atoms with Gasteiger partial charge in [0, 0.05) is 12.6 Å². The van der Waals surface area contributed by atoms with Gasteiger partial charge in [0.05, 0.1) is 10.6 Å². The third kappa shape index (κ3) is 5.37. The summed E-state index contributed by atoms with van der Waals surface area (Å²) >= 11 is 5.98. The molecular formula is C15H19ClN2O4. The zero-order valence-corrected chi connectivity index (χ0v) is 13.4. The van der Waals surface area contributed by atoms with E-state index in [1.54, 1.807) is 6.07 Å². The number of carbonyl (C=O) groups is 3. The SMILES string of the molecule is CC(=O)Nc1ccc(Cl)c(C(=O)N[C@H](CC(C)C)C(=O)O)c1. The summed E-state index contributed by atoms with van der Waals surface area (Å²) in [5.41, 5.74) is 0.528. The first-order valence-corrected chi connectivity index (χ1v) is 7.19. The highest BCUT2D eigenvalue weighted by molar-refractivity contribution is 6.34. The number of aliphatic carboxylic acids is 1. The van der Waals surface area contributed by atoms with Crippen LogP contribution in [-0.2, 0) is 9.59 Å². The van der Waals surface area contributed by atoms with Crippen molar-refractivity contribution in [1.29, 1.82) is 0 Å². The standard InChI is InChI=1S/C15H19ClN2O4/c1-8(2)6-13(15(21)22)18-14(20)11-7-10(17-9(3)19)4-5-12(11)16/h4-5,7-8,13H,6H2,1-3H3,(H,17,19)(H,18,20)(H,21,22)/t13-/m1/s1. The zero-order chi connectivity index (χ0) is 16.9. The number of nitrogens with one attached hydrogen (secondary N) is 2. The first-order valence-electron chi connectivity index (χ1n) is 6.81. The quantitative estimate of drug-likeness (QED) is 0.748. The van der Waals surface area contributed by atoms with Crippen molar-refractivity contribution in [2.45, 2.75) is 33.2 Å². The monoisotopic (exact) mass is 326 g/mol. The van der Waals surface area contributed by atoms with Gasteiger partial charge in [0.1, 0.15) is 6.04 Å². The second kappa shape index (κ2) is 7.79. The Balaban J connectivity index is 2.96. The number of anilines is 1. The molecule has 0 spiro atoms. The second-order valence-electron chi connectivity index (χ2n) is 5.37. The molecular weight excluding hydrogens is 308 g/mol. The predicted octanol–water partition coefficient (Wildman–Crippen LogP) is 2.53. The number of carboxylic acids is 1. The third-order valence-electron chi connectivity index (χ3n) is 2.84. The first kappa shape index (κ1) is 18.0. The predicted molar refractivity (Wildman–Crippen MR) is 84.1 cm³/mol. The zero-order valence-electron chi connectivity index (χ0n) is 12.6. The Morgan fingerprint density at radius 3 is 2.41 bits per heavy atom. The molecule has 0 aliphatic rings. The highest BCUT2D eigenvalue weighted by Gasteiger charge is 2.23. The van der Waals surface area contributed by atoms with Crippen LogP contribution in [0.15, 0.2) is 18.2 Å². The molecule has 0 fully saturated rings. The maximum absolute atomic E-state index is 12.2. The average Bonchev–Trinajstić information content (AvgIpc) is 2.38. The molecule has 0 aliphatic carbocycles. The number of benzene rings is 1. The molecule has 7 heteroatoms. The van der Waals surface area contributed by atoms with E-state index in [-0.39, 0.29) is 22.4 Å².